The summed E-state index contributed by atoms with van der Waals surface area (Å²) in [5.74, 6) is 0. The van der Waals surface area contributed by atoms with Crippen LogP contribution in [0.1, 0.15) is 32.4 Å². The first-order valence-corrected chi connectivity index (χ1v) is 7.62. The van der Waals surface area contributed by atoms with Gasteiger partial charge in [0, 0.05) is 41.4 Å². The number of anilines is 1. The molecule has 0 aromatic heterocycles. The topological polar surface area (TPSA) is 32.5 Å². The van der Waals surface area contributed by atoms with Gasteiger partial charge in [0.05, 0.1) is 0 Å². The molecule has 1 fully saturated rings. The number of hydrogen-bond donors (Lipinski definition) is 1. The zero-order chi connectivity index (χ0) is 14.2. The maximum absolute atomic E-state index is 6.13. The van der Waals surface area contributed by atoms with E-state index < -0.39 is 0 Å². The average molecular weight is 326 g/mol. The van der Waals surface area contributed by atoms with Gasteiger partial charge in [-0.3, -0.25) is 4.90 Å². The summed E-state index contributed by atoms with van der Waals surface area (Å²) in [6, 6.07) is 6.48. The third-order valence-electron chi connectivity index (χ3n) is 4.14. The van der Waals surface area contributed by atoms with Crippen molar-refractivity contribution >= 4 is 21.6 Å². The first kappa shape index (κ1) is 14.8. The van der Waals surface area contributed by atoms with Crippen LogP contribution in [-0.2, 0) is 0 Å². The molecule has 1 aromatic rings. The summed E-state index contributed by atoms with van der Waals surface area (Å²) in [4.78, 5) is 4.89. The van der Waals surface area contributed by atoms with Crippen LogP contribution in [0, 0.1) is 0 Å². The third kappa shape index (κ3) is 3.12. The summed E-state index contributed by atoms with van der Waals surface area (Å²) in [6.45, 7) is 9.81. The maximum atomic E-state index is 6.13. The summed E-state index contributed by atoms with van der Waals surface area (Å²) in [5, 5.41) is 0. The number of hydrogen-bond acceptors (Lipinski definition) is 3. The molecule has 1 heterocycles. The number of halogens is 1. The molecule has 4 heteroatoms. The molecule has 1 aromatic carbocycles. The molecular weight excluding hydrogens is 302 g/mol. The highest BCUT2D eigenvalue weighted by molar-refractivity contribution is 9.10. The first-order valence-electron chi connectivity index (χ1n) is 6.82. The standard InChI is InChI=1S/C15H24BrN3/c1-11(17)13-9-12(16)5-6-14(13)19-8-7-18(4)15(2,3)10-19/h5-6,9,11H,7-8,10,17H2,1-4H3. The van der Waals surface area contributed by atoms with E-state index in [2.05, 4.69) is 64.8 Å². The Balaban J connectivity index is 2.32. The Hall–Kier alpha value is -0.580. The van der Waals surface area contributed by atoms with Crippen LogP contribution in [0.5, 0.6) is 0 Å². The number of nitrogens with two attached hydrogens (primary N) is 1. The minimum Gasteiger partial charge on any atom is -0.368 e. The van der Waals surface area contributed by atoms with Crippen LogP contribution < -0.4 is 10.6 Å². The number of likely N-dealkylation sites (N-methyl/N-ethyl adjacent to an activating group) is 1. The van der Waals surface area contributed by atoms with Crippen LogP contribution in [0.2, 0.25) is 0 Å². The van der Waals surface area contributed by atoms with Crippen molar-refractivity contribution in [1.29, 1.82) is 0 Å². The van der Waals surface area contributed by atoms with E-state index in [0.29, 0.717) is 0 Å². The second kappa shape index (κ2) is 5.43. The van der Waals surface area contributed by atoms with Crippen LogP contribution >= 0.6 is 15.9 Å². The lowest BCUT2D eigenvalue weighted by atomic mass is 9.97. The number of nitrogens with zero attached hydrogens (tertiary/aromatic N) is 2. The zero-order valence-corrected chi connectivity index (χ0v) is 13.9. The van der Waals surface area contributed by atoms with Crippen molar-refractivity contribution in [3.05, 3.63) is 28.2 Å². The Morgan fingerprint density at radius 3 is 2.58 bits per heavy atom. The molecule has 1 aliphatic rings. The molecule has 0 aliphatic carbocycles. The summed E-state index contributed by atoms with van der Waals surface area (Å²) in [6.07, 6.45) is 0. The molecule has 3 nitrogen and oxygen atoms in total. The van der Waals surface area contributed by atoms with Crippen LogP contribution in [0.15, 0.2) is 22.7 Å². The van der Waals surface area contributed by atoms with Gasteiger partial charge in [-0.05, 0) is 51.6 Å². The Labute approximate surface area is 124 Å². The van der Waals surface area contributed by atoms with Crippen LogP contribution in [0.25, 0.3) is 0 Å². The van der Waals surface area contributed by atoms with Crippen molar-refractivity contribution < 1.29 is 0 Å². The molecule has 1 aliphatic heterocycles. The Bertz CT molecular complexity index is 457. The fourth-order valence-corrected chi connectivity index (χ4v) is 3.00. The van der Waals surface area contributed by atoms with Gasteiger partial charge in [-0.25, -0.2) is 0 Å². The molecule has 1 saturated heterocycles. The van der Waals surface area contributed by atoms with Crippen molar-refractivity contribution in [3.8, 4) is 0 Å². The fraction of sp³-hybridized carbons (Fsp3) is 0.600. The van der Waals surface area contributed by atoms with Crippen molar-refractivity contribution in [2.75, 3.05) is 31.6 Å². The SMILES string of the molecule is CC(N)c1cc(Br)ccc1N1CCN(C)C(C)(C)C1. The highest BCUT2D eigenvalue weighted by Gasteiger charge is 2.32. The van der Waals surface area contributed by atoms with E-state index in [1.165, 1.54) is 11.3 Å². The van der Waals surface area contributed by atoms with E-state index in [0.717, 1.165) is 24.1 Å². The molecule has 1 atom stereocenters. The van der Waals surface area contributed by atoms with Gasteiger partial charge in [0.15, 0.2) is 0 Å². The average Bonchev–Trinajstić information content (AvgIpc) is 2.32. The van der Waals surface area contributed by atoms with Gasteiger partial charge in [0.2, 0.25) is 0 Å². The van der Waals surface area contributed by atoms with Crippen molar-refractivity contribution in [2.24, 2.45) is 5.73 Å². The number of benzene rings is 1. The third-order valence-corrected chi connectivity index (χ3v) is 4.63. The lowest BCUT2D eigenvalue weighted by Gasteiger charge is -2.46. The van der Waals surface area contributed by atoms with Gasteiger partial charge in [-0.1, -0.05) is 15.9 Å². The molecule has 0 amide bonds. The molecule has 0 radical (unpaired) electrons. The molecule has 2 rings (SSSR count). The predicted molar refractivity (Wildman–Crippen MR) is 85.7 cm³/mol. The molecule has 0 bridgehead atoms. The van der Waals surface area contributed by atoms with Crippen LogP contribution in [0.3, 0.4) is 0 Å². The second-order valence-corrected chi connectivity index (χ2v) is 7.06. The Kier molecular flexibility index (Phi) is 4.23. The molecule has 0 spiro atoms. The van der Waals surface area contributed by atoms with Crippen molar-refractivity contribution in [2.45, 2.75) is 32.4 Å². The van der Waals surface area contributed by atoms with Gasteiger partial charge < -0.3 is 10.6 Å². The Morgan fingerprint density at radius 2 is 2.00 bits per heavy atom. The number of piperazine rings is 1. The first-order chi connectivity index (χ1) is 8.81. The normalized spacial score (nSPS) is 21.5. The maximum Gasteiger partial charge on any atom is 0.0416 e. The minimum atomic E-state index is 0.0512. The van der Waals surface area contributed by atoms with Crippen LogP contribution in [-0.4, -0.2) is 37.1 Å². The van der Waals surface area contributed by atoms with Gasteiger partial charge in [-0.2, -0.15) is 0 Å². The van der Waals surface area contributed by atoms with Gasteiger partial charge in [-0.15, -0.1) is 0 Å². The minimum absolute atomic E-state index is 0.0512. The Morgan fingerprint density at radius 1 is 1.32 bits per heavy atom. The van der Waals surface area contributed by atoms with Crippen molar-refractivity contribution in [1.82, 2.24) is 4.90 Å². The summed E-state index contributed by atoms with van der Waals surface area (Å²) < 4.78 is 1.09. The smallest absolute Gasteiger partial charge is 0.0416 e. The molecule has 19 heavy (non-hydrogen) atoms. The van der Waals surface area contributed by atoms with E-state index in [1.54, 1.807) is 0 Å². The van der Waals surface area contributed by atoms with E-state index >= 15 is 0 Å². The van der Waals surface area contributed by atoms with Gasteiger partial charge in [0.1, 0.15) is 0 Å². The zero-order valence-electron chi connectivity index (χ0n) is 12.3. The summed E-state index contributed by atoms with van der Waals surface area (Å²) in [5.41, 5.74) is 8.82. The molecule has 106 valence electrons. The lowest BCUT2D eigenvalue weighted by molar-refractivity contribution is 0.138. The quantitative estimate of drug-likeness (QED) is 0.907. The highest BCUT2D eigenvalue weighted by Crippen LogP contribution is 2.31. The number of rotatable bonds is 2. The molecule has 1 unspecified atom stereocenters. The van der Waals surface area contributed by atoms with E-state index in [9.17, 15) is 0 Å². The summed E-state index contributed by atoms with van der Waals surface area (Å²) >= 11 is 3.54. The molecule has 2 N–H and O–H groups in total. The monoisotopic (exact) mass is 325 g/mol. The lowest BCUT2D eigenvalue weighted by Crippen LogP contribution is -2.57. The summed E-state index contributed by atoms with van der Waals surface area (Å²) in [7, 11) is 2.20. The highest BCUT2D eigenvalue weighted by atomic mass is 79.9. The largest absolute Gasteiger partial charge is 0.368 e. The predicted octanol–water partition coefficient (Wildman–Crippen LogP) is 3.00. The molecule has 0 saturated carbocycles. The fourth-order valence-electron chi connectivity index (χ4n) is 2.62. The van der Waals surface area contributed by atoms with E-state index in [-0.39, 0.29) is 11.6 Å². The van der Waals surface area contributed by atoms with Gasteiger partial charge in [0.25, 0.3) is 0 Å². The van der Waals surface area contributed by atoms with Gasteiger partial charge >= 0.3 is 0 Å². The van der Waals surface area contributed by atoms with Crippen molar-refractivity contribution in [3.63, 3.8) is 0 Å². The van der Waals surface area contributed by atoms with Crippen LogP contribution in [0.4, 0.5) is 5.69 Å². The van der Waals surface area contributed by atoms with E-state index in [4.69, 9.17) is 5.73 Å². The molecular formula is C15H24BrN3. The van der Waals surface area contributed by atoms with E-state index in [1.807, 2.05) is 6.92 Å². The second-order valence-electron chi connectivity index (χ2n) is 6.15.